The van der Waals surface area contributed by atoms with Crippen molar-refractivity contribution < 1.29 is 14.3 Å². The molecule has 0 aromatic heterocycles. The maximum Gasteiger partial charge on any atom is 0.261 e. The van der Waals surface area contributed by atoms with Gasteiger partial charge in [-0.1, -0.05) is 83.9 Å². The van der Waals surface area contributed by atoms with Crippen LogP contribution in [0.15, 0.2) is 78.9 Å². The van der Waals surface area contributed by atoms with Gasteiger partial charge in [0.15, 0.2) is 6.61 Å². The van der Waals surface area contributed by atoms with Crippen molar-refractivity contribution in [2.75, 3.05) is 6.61 Å². The lowest BCUT2D eigenvalue weighted by Gasteiger charge is -2.32. The van der Waals surface area contributed by atoms with Crippen LogP contribution in [0.4, 0.5) is 0 Å². The molecule has 34 heavy (non-hydrogen) atoms. The molecule has 1 atom stereocenters. The number of hydrogen-bond acceptors (Lipinski definition) is 3. The Kier molecular flexibility index (Phi) is 9.11. The predicted octanol–water partition coefficient (Wildman–Crippen LogP) is 5.19. The van der Waals surface area contributed by atoms with Crippen LogP contribution >= 0.6 is 11.6 Å². The number of aryl methyl sites for hydroxylation is 1. The minimum absolute atomic E-state index is 0.0542. The summed E-state index contributed by atoms with van der Waals surface area (Å²) in [6.45, 7) is 5.89. The fourth-order valence-corrected chi connectivity index (χ4v) is 3.80. The molecule has 1 N–H and O–H groups in total. The molecule has 0 fully saturated rings. The molecule has 3 aromatic carbocycles. The number of carbonyl (C=O) groups is 2. The van der Waals surface area contributed by atoms with Crippen molar-refractivity contribution in [3.05, 3.63) is 101 Å². The maximum absolute atomic E-state index is 13.5. The van der Waals surface area contributed by atoms with Gasteiger partial charge in [-0.25, -0.2) is 0 Å². The first-order valence-electron chi connectivity index (χ1n) is 11.4. The lowest BCUT2D eigenvalue weighted by atomic mass is 10.0. The number of rotatable bonds is 10. The Morgan fingerprint density at radius 3 is 2.21 bits per heavy atom. The van der Waals surface area contributed by atoms with E-state index in [-0.39, 0.29) is 31.0 Å². The van der Waals surface area contributed by atoms with Crippen LogP contribution in [0.3, 0.4) is 0 Å². The third-order valence-electron chi connectivity index (χ3n) is 5.36. The number of hydrogen-bond donors (Lipinski definition) is 1. The zero-order valence-electron chi connectivity index (χ0n) is 19.8. The fraction of sp³-hybridized carbons (Fsp3) is 0.286. The summed E-state index contributed by atoms with van der Waals surface area (Å²) in [5, 5.41) is 3.41. The van der Waals surface area contributed by atoms with E-state index in [1.165, 1.54) is 0 Å². The Hall–Kier alpha value is -3.31. The van der Waals surface area contributed by atoms with Gasteiger partial charge in [0.25, 0.3) is 5.91 Å². The average Bonchev–Trinajstić information content (AvgIpc) is 2.82. The third kappa shape index (κ3) is 7.35. The molecule has 0 saturated heterocycles. The highest BCUT2D eigenvalue weighted by atomic mass is 35.5. The molecule has 3 aromatic rings. The van der Waals surface area contributed by atoms with Crippen molar-refractivity contribution in [1.82, 2.24) is 10.2 Å². The molecule has 0 aliphatic rings. The molecule has 0 bridgehead atoms. The minimum Gasteiger partial charge on any atom is -0.482 e. The van der Waals surface area contributed by atoms with Crippen LogP contribution in [-0.4, -0.2) is 35.4 Å². The van der Waals surface area contributed by atoms with Gasteiger partial charge in [-0.3, -0.25) is 9.59 Å². The van der Waals surface area contributed by atoms with E-state index >= 15 is 0 Å². The third-order valence-corrected chi connectivity index (χ3v) is 5.68. The first-order valence-corrected chi connectivity index (χ1v) is 11.8. The molecular weight excluding hydrogens is 448 g/mol. The Labute approximate surface area is 206 Å². The number of amides is 2. The van der Waals surface area contributed by atoms with E-state index in [1.54, 1.807) is 29.2 Å². The van der Waals surface area contributed by atoms with Gasteiger partial charge in [-0.2, -0.15) is 0 Å². The monoisotopic (exact) mass is 478 g/mol. The van der Waals surface area contributed by atoms with Crippen LogP contribution in [0, 0.1) is 6.92 Å². The number of nitrogens with zero attached hydrogens (tertiary/aromatic N) is 1. The zero-order chi connectivity index (χ0) is 24.5. The van der Waals surface area contributed by atoms with E-state index < -0.39 is 6.04 Å². The molecule has 3 rings (SSSR count). The largest absolute Gasteiger partial charge is 0.482 e. The molecular formula is C28H31ClN2O3. The van der Waals surface area contributed by atoms with Gasteiger partial charge >= 0.3 is 0 Å². The lowest BCUT2D eigenvalue weighted by molar-refractivity contribution is -0.143. The summed E-state index contributed by atoms with van der Waals surface area (Å²) >= 11 is 6.20. The molecule has 0 saturated carbocycles. The average molecular weight is 479 g/mol. The van der Waals surface area contributed by atoms with Crippen LogP contribution in [0.2, 0.25) is 5.02 Å². The minimum atomic E-state index is -0.701. The Balaban J connectivity index is 1.91. The zero-order valence-corrected chi connectivity index (χ0v) is 20.6. The smallest absolute Gasteiger partial charge is 0.261 e. The Morgan fingerprint density at radius 2 is 1.56 bits per heavy atom. The van der Waals surface area contributed by atoms with Crippen LogP contribution in [-0.2, 0) is 22.6 Å². The quantitative estimate of drug-likeness (QED) is 0.436. The highest BCUT2D eigenvalue weighted by Crippen LogP contribution is 2.23. The summed E-state index contributed by atoms with van der Waals surface area (Å²) in [5.74, 6) is -0.0589. The summed E-state index contributed by atoms with van der Waals surface area (Å²) < 4.78 is 5.74. The van der Waals surface area contributed by atoms with Gasteiger partial charge in [0.1, 0.15) is 11.8 Å². The number of halogens is 1. The molecule has 0 heterocycles. The van der Waals surface area contributed by atoms with Crippen molar-refractivity contribution in [3.63, 3.8) is 0 Å². The van der Waals surface area contributed by atoms with Gasteiger partial charge in [-0.05, 0) is 44.0 Å². The molecule has 0 spiro atoms. The summed E-state index contributed by atoms with van der Waals surface area (Å²) in [6, 6.07) is 23.9. The predicted molar refractivity (Wildman–Crippen MR) is 136 cm³/mol. The maximum atomic E-state index is 13.5. The van der Waals surface area contributed by atoms with E-state index in [9.17, 15) is 9.59 Å². The summed E-state index contributed by atoms with van der Waals surface area (Å²) in [4.78, 5) is 28.4. The normalized spacial score (nSPS) is 11.7. The van der Waals surface area contributed by atoms with Crippen molar-refractivity contribution in [2.45, 2.75) is 45.8 Å². The van der Waals surface area contributed by atoms with E-state index in [0.29, 0.717) is 17.2 Å². The second kappa shape index (κ2) is 12.2. The number of ether oxygens (including phenoxy) is 1. The molecule has 2 amide bonds. The molecule has 0 radical (unpaired) electrons. The van der Waals surface area contributed by atoms with Crippen LogP contribution in [0.5, 0.6) is 5.75 Å². The summed E-state index contributed by atoms with van der Waals surface area (Å²) in [7, 11) is 0. The second-order valence-corrected chi connectivity index (χ2v) is 9.00. The summed E-state index contributed by atoms with van der Waals surface area (Å²) in [5.41, 5.74) is 3.04. The molecule has 178 valence electrons. The van der Waals surface area contributed by atoms with Crippen molar-refractivity contribution in [1.29, 1.82) is 0 Å². The first kappa shape index (κ1) is 25.3. The topological polar surface area (TPSA) is 58.6 Å². The first-order chi connectivity index (χ1) is 16.3. The van der Waals surface area contributed by atoms with E-state index in [1.807, 2.05) is 75.4 Å². The van der Waals surface area contributed by atoms with Gasteiger partial charge in [0, 0.05) is 19.0 Å². The van der Waals surface area contributed by atoms with E-state index in [4.69, 9.17) is 16.3 Å². The fourth-order valence-electron chi connectivity index (χ4n) is 3.61. The molecule has 0 aliphatic carbocycles. The highest BCUT2D eigenvalue weighted by molar-refractivity contribution is 6.32. The highest BCUT2D eigenvalue weighted by Gasteiger charge is 2.31. The van der Waals surface area contributed by atoms with Crippen molar-refractivity contribution in [3.8, 4) is 5.75 Å². The van der Waals surface area contributed by atoms with Gasteiger partial charge < -0.3 is 15.0 Å². The van der Waals surface area contributed by atoms with Gasteiger partial charge in [-0.15, -0.1) is 0 Å². The van der Waals surface area contributed by atoms with Crippen LogP contribution < -0.4 is 10.1 Å². The summed E-state index contributed by atoms with van der Waals surface area (Å²) in [6.07, 6.45) is 0.392. The number of nitrogens with one attached hydrogen (secondary N) is 1. The lowest BCUT2D eigenvalue weighted by Crippen LogP contribution is -2.52. The standard InChI is InChI=1S/C28H31ClN2O3/c1-20(2)30-28(33)25(17-22-9-5-4-6-10-22)31(18-23-15-13-21(3)14-16-23)27(32)19-34-26-12-8-7-11-24(26)29/h4-16,20,25H,17-19H2,1-3H3,(H,30,33)/t25-/m0/s1. The molecule has 5 nitrogen and oxygen atoms in total. The second-order valence-electron chi connectivity index (χ2n) is 8.60. The van der Waals surface area contributed by atoms with E-state index in [0.717, 1.165) is 16.7 Å². The Morgan fingerprint density at radius 1 is 0.912 bits per heavy atom. The van der Waals surface area contributed by atoms with Crippen LogP contribution in [0.1, 0.15) is 30.5 Å². The SMILES string of the molecule is Cc1ccc(CN(C(=O)COc2ccccc2Cl)[C@@H](Cc2ccccc2)C(=O)NC(C)C)cc1. The molecule has 6 heteroatoms. The van der Waals surface area contributed by atoms with Crippen molar-refractivity contribution in [2.24, 2.45) is 0 Å². The number of para-hydroxylation sites is 1. The van der Waals surface area contributed by atoms with Gasteiger partial charge in [0.05, 0.1) is 5.02 Å². The van der Waals surface area contributed by atoms with Crippen LogP contribution in [0.25, 0.3) is 0 Å². The van der Waals surface area contributed by atoms with Crippen molar-refractivity contribution >= 4 is 23.4 Å². The molecule has 0 unspecified atom stereocenters. The molecule has 0 aliphatic heterocycles. The number of carbonyl (C=O) groups excluding carboxylic acids is 2. The number of benzene rings is 3. The Bertz CT molecular complexity index is 1080. The van der Waals surface area contributed by atoms with Gasteiger partial charge in [0.2, 0.25) is 5.91 Å². The van der Waals surface area contributed by atoms with E-state index in [2.05, 4.69) is 5.32 Å².